The standard InChI is InChI=1S/C34H62N2O6/c1-24(37)41-30(14-10-5-4-7-11-26-12-8-6-9-13-26)23-31(42-25(2)38)16-15-27-19-29(34(39)32(21-27)40-3)20-28-17-18-36-33(35)22-28/h26-34,36,39H,4-23,35H2,1-3H3/p+1. The maximum absolute atomic E-state index is 12.0. The number of ether oxygens (including phenoxy) is 3. The van der Waals surface area contributed by atoms with Crippen LogP contribution in [0.2, 0.25) is 0 Å². The van der Waals surface area contributed by atoms with Gasteiger partial charge in [0.1, 0.15) is 18.4 Å². The predicted molar refractivity (Wildman–Crippen MR) is 164 cm³/mol. The third-order valence-corrected chi connectivity index (χ3v) is 10.4. The summed E-state index contributed by atoms with van der Waals surface area (Å²) in [4.78, 5) is 23.9. The van der Waals surface area contributed by atoms with Crippen LogP contribution in [0.25, 0.3) is 0 Å². The van der Waals surface area contributed by atoms with E-state index < -0.39 is 6.10 Å². The van der Waals surface area contributed by atoms with E-state index in [9.17, 15) is 14.7 Å². The van der Waals surface area contributed by atoms with Gasteiger partial charge in [-0.25, -0.2) is 0 Å². The number of unbranched alkanes of at least 4 members (excludes halogenated alkanes) is 3. The van der Waals surface area contributed by atoms with E-state index in [-0.39, 0.29) is 42.3 Å². The first-order chi connectivity index (χ1) is 20.2. The first-order valence-corrected chi connectivity index (χ1v) is 17.4. The molecule has 0 aromatic carbocycles. The zero-order valence-corrected chi connectivity index (χ0v) is 27.0. The van der Waals surface area contributed by atoms with Crippen molar-refractivity contribution in [1.82, 2.24) is 0 Å². The highest BCUT2D eigenvalue weighted by atomic mass is 16.6. The molecule has 244 valence electrons. The van der Waals surface area contributed by atoms with Crippen LogP contribution in [0.5, 0.6) is 0 Å². The van der Waals surface area contributed by atoms with Crippen molar-refractivity contribution in [3.8, 4) is 0 Å². The summed E-state index contributed by atoms with van der Waals surface area (Å²) in [6.07, 6.45) is 20.0. The molecule has 8 unspecified atom stereocenters. The van der Waals surface area contributed by atoms with Gasteiger partial charge in [-0.1, -0.05) is 57.8 Å². The van der Waals surface area contributed by atoms with Gasteiger partial charge in [-0.05, 0) is 75.0 Å². The highest BCUT2D eigenvalue weighted by molar-refractivity contribution is 5.66. The SMILES string of the molecule is COC1CC(CCC(CC(CCCCCCC2CCCCC2)OC(C)=O)OC(C)=O)CC(CC2CC[NH2+]C(N)C2)C1O. The Morgan fingerprint density at radius 1 is 0.833 bits per heavy atom. The molecule has 0 spiro atoms. The lowest BCUT2D eigenvalue weighted by atomic mass is 9.71. The molecule has 0 aromatic rings. The highest BCUT2D eigenvalue weighted by Gasteiger charge is 2.39. The molecule has 42 heavy (non-hydrogen) atoms. The fourth-order valence-electron chi connectivity index (χ4n) is 8.20. The van der Waals surface area contributed by atoms with Crippen LogP contribution < -0.4 is 11.1 Å². The van der Waals surface area contributed by atoms with Crippen molar-refractivity contribution in [3.05, 3.63) is 0 Å². The number of piperidine rings is 1. The maximum atomic E-state index is 12.0. The Kier molecular flexibility index (Phi) is 16.1. The number of hydrogen-bond donors (Lipinski definition) is 3. The van der Waals surface area contributed by atoms with Crippen LogP contribution in [0.3, 0.4) is 0 Å². The first-order valence-electron chi connectivity index (χ1n) is 17.4. The molecule has 8 atom stereocenters. The second-order valence-corrected chi connectivity index (χ2v) is 13.9. The molecule has 8 nitrogen and oxygen atoms in total. The molecule has 0 amide bonds. The van der Waals surface area contributed by atoms with Gasteiger partial charge < -0.3 is 24.6 Å². The van der Waals surface area contributed by atoms with Gasteiger partial charge >= 0.3 is 11.9 Å². The minimum atomic E-state index is -0.450. The molecule has 1 aliphatic heterocycles. The van der Waals surface area contributed by atoms with Crippen molar-refractivity contribution in [2.24, 2.45) is 29.4 Å². The average molecular weight is 596 g/mol. The minimum absolute atomic E-state index is 0.162. The number of methoxy groups -OCH3 is 1. The second kappa shape index (κ2) is 19.2. The summed E-state index contributed by atoms with van der Waals surface area (Å²) in [6.45, 7) is 3.98. The van der Waals surface area contributed by atoms with Crippen LogP contribution in [-0.2, 0) is 23.8 Å². The summed E-state index contributed by atoms with van der Waals surface area (Å²) >= 11 is 0. The number of carbonyl (C=O) groups excluding carboxylic acids is 2. The molecular formula is C34H63N2O6+. The second-order valence-electron chi connectivity index (χ2n) is 13.9. The topological polar surface area (TPSA) is 125 Å². The smallest absolute Gasteiger partial charge is 0.302 e. The quantitative estimate of drug-likeness (QED) is 0.160. The molecule has 5 N–H and O–H groups in total. The summed E-state index contributed by atoms with van der Waals surface area (Å²) < 4.78 is 17.2. The number of nitrogens with two attached hydrogens (primary N) is 2. The molecule has 1 saturated heterocycles. The van der Waals surface area contributed by atoms with E-state index in [4.69, 9.17) is 19.9 Å². The Balaban J connectivity index is 1.48. The Morgan fingerprint density at radius 3 is 2.19 bits per heavy atom. The summed E-state index contributed by atoms with van der Waals surface area (Å²) in [5, 5.41) is 13.3. The molecule has 3 fully saturated rings. The lowest BCUT2D eigenvalue weighted by Crippen LogP contribution is -2.94. The summed E-state index contributed by atoms with van der Waals surface area (Å²) in [6, 6.07) is 0. The summed E-state index contributed by atoms with van der Waals surface area (Å²) in [5.74, 6) is 1.51. The van der Waals surface area contributed by atoms with E-state index in [1.807, 2.05) is 0 Å². The molecule has 2 saturated carbocycles. The normalized spacial score (nSPS) is 30.4. The zero-order chi connectivity index (χ0) is 30.3. The van der Waals surface area contributed by atoms with Crippen molar-refractivity contribution in [2.75, 3.05) is 13.7 Å². The zero-order valence-electron chi connectivity index (χ0n) is 27.0. The van der Waals surface area contributed by atoms with E-state index in [0.29, 0.717) is 18.3 Å². The van der Waals surface area contributed by atoms with Crippen LogP contribution in [-0.4, -0.2) is 61.3 Å². The molecule has 0 bridgehead atoms. The van der Waals surface area contributed by atoms with Crippen molar-refractivity contribution in [3.63, 3.8) is 0 Å². The number of quaternary nitrogens is 1. The van der Waals surface area contributed by atoms with E-state index in [1.54, 1.807) is 7.11 Å². The average Bonchev–Trinajstić information content (AvgIpc) is 2.95. The number of aliphatic hydroxyl groups is 1. The number of carbonyl (C=O) groups is 2. The van der Waals surface area contributed by atoms with Crippen LogP contribution in [0.15, 0.2) is 0 Å². The lowest BCUT2D eigenvalue weighted by molar-refractivity contribution is -0.699. The molecule has 0 radical (unpaired) electrons. The highest BCUT2D eigenvalue weighted by Crippen LogP contribution is 2.39. The van der Waals surface area contributed by atoms with Crippen molar-refractivity contribution < 1.29 is 34.2 Å². The van der Waals surface area contributed by atoms with E-state index in [2.05, 4.69) is 5.32 Å². The Bertz CT molecular complexity index is 775. The minimum Gasteiger partial charge on any atom is -0.462 e. The first kappa shape index (κ1) is 35.3. The lowest BCUT2D eigenvalue weighted by Gasteiger charge is -2.41. The molecule has 3 aliphatic rings. The summed E-state index contributed by atoms with van der Waals surface area (Å²) in [7, 11) is 1.69. The van der Waals surface area contributed by atoms with Gasteiger partial charge in [-0.15, -0.1) is 0 Å². The van der Waals surface area contributed by atoms with Gasteiger partial charge in [0.15, 0.2) is 0 Å². The van der Waals surface area contributed by atoms with Gasteiger partial charge in [0.05, 0.1) is 18.8 Å². The molecule has 8 heteroatoms. The predicted octanol–water partition coefficient (Wildman–Crippen LogP) is 4.99. The molecular weight excluding hydrogens is 532 g/mol. The number of esters is 2. The van der Waals surface area contributed by atoms with E-state index in [1.165, 1.54) is 65.2 Å². The van der Waals surface area contributed by atoms with Crippen molar-refractivity contribution >= 4 is 11.9 Å². The van der Waals surface area contributed by atoms with E-state index in [0.717, 1.165) is 76.7 Å². The molecule has 2 aliphatic carbocycles. The van der Waals surface area contributed by atoms with Crippen molar-refractivity contribution in [1.29, 1.82) is 0 Å². The van der Waals surface area contributed by atoms with Gasteiger partial charge in [0, 0.05) is 33.8 Å². The largest absolute Gasteiger partial charge is 0.462 e. The van der Waals surface area contributed by atoms with Gasteiger partial charge in [-0.2, -0.15) is 0 Å². The fourth-order valence-corrected chi connectivity index (χ4v) is 8.20. The van der Waals surface area contributed by atoms with Gasteiger partial charge in [0.2, 0.25) is 0 Å². The Morgan fingerprint density at radius 2 is 1.52 bits per heavy atom. The molecule has 3 rings (SSSR count). The number of aliphatic hydroxyl groups excluding tert-OH is 1. The molecule has 0 aromatic heterocycles. The van der Waals surface area contributed by atoms with Crippen LogP contribution in [0.4, 0.5) is 0 Å². The van der Waals surface area contributed by atoms with E-state index >= 15 is 0 Å². The number of rotatable bonds is 17. The third kappa shape index (κ3) is 13.2. The van der Waals surface area contributed by atoms with Gasteiger partial charge in [-0.3, -0.25) is 15.3 Å². The monoisotopic (exact) mass is 595 g/mol. The third-order valence-electron chi connectivity index (χ3n) is 10.4. The van der Waals surface area contributed by atoms with Crippen LogP contribution in [0.1, 0.15) is 136 Å². The van der Waals surface area contributed by atoms with Crippen molar-refractivity contribution in [2.45, 2.75) is 166 Å². The maximum Gasteiger partial charge on any atom is 0.302 e. The number of hydrogen-bond acceptors (Lipinski definition) is 7. The molecule has 1 heterocycles. The van der Waals surface area contributed by atoms with Crippen LogP contribution >= 0.6 is 0 Å². The van der Waals surface area contributed by atoms with Crippen LogP contribution in [0, 0.1) is 23.7 Å². The fraction of sp³-hybridized carbons (Fsp3) is 0.941. The Hall–Kier alpha value is -1.22. The Labute approximate surface area is 255 Å². The van der Waals surface area contributed by atoms with Gasteiger partial charge in [0.25, 0.3) is 0 Å². The summed E-state index contributed by atoms with van der Waals surface area (Å²) in [5.41, 5.74) is 6.20.